The second-order valence-corrected chi connectivity index (χ2v) is 4.29. The number of nitrogens with one attached hydrogen (secondary N) is 1. The van der Waals surface area contributed by atoms with E-state index in [1.54, 1.807) is 0 Å². The smallest absolute Gasteiger partial charge is 0.408 e. The number of aromatic hydroxyl groups is 1. The predicted molar refractivity (Wildman–Crippen MR) is 68.6 cm³/mol. The van der Waals surface area contributed by atoms with Gasteiger partial charge < -0.3 is 10.4 Å². The van der Waals surface area contributed by atoms with Gasteiger partial charge >= 0.3 is 6.18 Å². The summed E-state index contributed by atoms with van der Waals surface area (Å²) in [5.41, 5.74) is -0.0769. The van der Waals surface area contributed by atoms with Crippen molar-refractivity contribution in [1.29, 1.82) is 0 Å². The predicted octanol–water partition coefficient (Wildman–Crippen LogP) is 2.32. The lowest BCUT2D eigenvalue weighted by Crippen LogP contribution is -2.49. The largest absolute Gasteiger partial charge is 0.508 e. The van der Waals surface area contributed by atoms with Crippen LogP contribution in [0.4, 0.5) is 13.2 Å². The molecule has 1 aromatic rings. The van der Waals surface area contributed by atoms with E-state index in [1.165, 1.54) is 29.2 Å². The Morgan fingerprint density at radius 3 is 2.26 bits per heavy atom. The third kappa shape index (κ3) is 3.75. The second kappa shape index (κ2) is 6.45. The Bertz CT molecular complexity index is 408. The van der Waals surface area contributed by atoms with E-state index >= 15 is 0 Å². The monoisotopic (exact) mass is 296 g/mol. The summed E-state index contributed by atoms with van der Waals surface area (Å²) in [6.45, 7) is 1.69. The number of halogens is 4. The number of rotatable bonds is 2. The van der Waals surface area contributed by atoms with Crippen molar-refractivity contribution in [3.63, 3.8) is 0 Å². The normalized spacial score (nSPS) is 18.7. The van der Waals surface area contributed by atoms with Gasteiger partial charge in [-0.3, -0.25) is 4.90 Å². The fourth-order valence-electron chi connectivity index (χ4n) is 2.24. The van der Waals surface area contributed by atoms with Crippen LogP contribution in [0.1, 0.15) is 11.6 Å². The van der Waals surface area contributed by atoms with Gasteiger partial charge in [-0.2, -0.15) is 13.2 Å². The zero-order chi connectivity index (χ0) is 13.2. The maximum absolute atomic E-state index is 13.2. The SMILES string of the molecule is Cl.Oc1ccccc1[C@H](N1CCNCC1)C(F)(F)F. The van der Waals surface area contributed by atoms with Gasteiger partial charge in [-0.05, 0) is 6.07 Å². The number of piperazine rings is 1. The van der Waals surface area contributed by atoms with E-state index in [0.29, 0.717) is 26.2 Å². The highest BCUT2D eigenvalue weighted by Crippen LogP contribution is 2.40. The van der Waals surface area contributed by atoms with Gasteiger partial charge in [0.2, 0.25) is 0 Å². The van der Waals surface area contributed by atoms with Crippen LogP contribution in [0.25, 0.3) is 0 Å². The molecule has 19 heavy (non-hydrogen) atoms. The molecule has 0 bridgehead atoms. The molecule has 1 aliphatic heterocycles. The molecule has 108 valence electrons. The molecule has 0 spiro atoms. The third-order valence-corrected chi connectivity index (χ3v) is 3.06. The quantitative estimate of drug-likeness (QED) is 0.879. The van der Waals surface area contributed by atoms with E-state index in [2.05, 4.69) is 5.32 Å². The average Bonchev–Trinajstić information content (AvgIpc) is 2.32. The summed E-state index contributed by atoms with van der Waals surface area (Å²) in [4.78, 5) is 1.35. The average molecular weight is 297 g/mol. The molecule has 7 heteroatoms. The van der Waals surface area contributed by atoms with Crippen molar-refractivity contribution in [3.8, 4) is 5.75 Å². The molecule has 0 unspecified atom stereocenters. The van der Waals surface area contributed by atoms with Gasteiger partial charge in [0.25, 0.3) is 0 Å². The highest BCUT2D eigenvalue weighted by atomic mass is 35.5. The molecule has 3 nitrogen and oxygen atoms in total. The minimum atomic E-state index is -4.39. The van der Waals surface area contributed by atoms with Crippen LogP contribution in [0.3, 0.4) is 0 Å². The van der Waals surface area contributed by atoms with Gasteiger partial charge in [-0.1, -0.05) is 18.2 Å². The molecule has 1 fully saturated rings. The Hall–Kier alpha value is -0.980. The zero-order valence-corrected chi connectivity index (χ0v) is 11.0. The van der Waals surface area contributed by atoms with Crippen LogP contribution >= 0.6 is 12.4 Å². The van der Waals surface area contributed by atoms with Crippen LogP contribution in [-0.4, -0.2) is 42.4 Å². The number of phenols is 1. The van der Waals surface area contributed by atoms with Gasteiger partial charge in [-0.15, -0.1) is 12.4 Å². The van der Waals surface area contributed by atoms with E-state index in [9.17, 15) is 18.3 Å². The van der Waals surface area contributed by atoms with Crippen molar-refractivity contribution in [1.82, 2.24) is 10.2 Å². The molecule has 1 heterocycles. The lowest BCUT2D eigenvalue weighted by Gasteiger charge is -2.36. The summed E-state index contributed by atoms with van der Waals surface area (Å²) in [6, 6.07) is 3.91. The number of phenolic OH excluding ortho intramolecular Hbond substituents is 1. The lowest BCUT2D eigenvalue weighted by molar-refractivity contribution is -0.188. The van der Waals surface area contributed by atoms with E-state index in [4.69, 9.17) is 0 Å². The molecule has 0 aliphatic carbocycles. The van der Waals surface area contributed by atoms with Crippen molar-refractivity contribution in [3.05, 3.63) is 29.8 Å². The maximum atomic E-state index is 13.2. The third-order valence-electron chi connectivity index (χ3n) is 3.06. The Kier molecular flexibility index (Phi) is 5.46. The summed E-state index contributed by atoms with van der Waals surface area (Å²) >= 11 is 0. The molecule has 2 rings (SSSR count). The van der Waals surface area contributed by atoms with Crippen LogP contribution in [0, 0.1) is 0 Å². The van der Waals surface area contributed by atoms with E-state index in [0.717, 1.165) is 0 Å². The van der Waals surface area contributed by atoms with Crippen molar-refractivity contribution >= 4 is 12.4 Å². The first-order valence-corrected chi connectivity index (χ1v) is 5.79. The summed E-state index contributed by atoms with van der Waals surface area (Å²) in [5.74, 6) is -0.307. The number of benzene rings is 1. The minimum absolute atomic E-state index is 0. The fourth-order valence-corrected chi connectivity index (χ4v) is 2.24. The van der Waals surface area contributed by atoms with E-state index in [-0.39, 0.29) is 23.7 Å². The first-order chi connectivity index (χ1) is 8.50. The molecule has 1 saturated heterocycles. The molecule has 1 aromatic carbocycles. The van der Waals surface area contributed by atoms with Crippen molar-refractivity contribution in [2.45, 2.75) is 12.2 Å². The Labute approximate surface area is 115 Å². The molecule has 0 aromatic heterocycles. The zero-order valence-electron chi connectivity index (χ0n) is 10.2. The topological polar surface area (TPSA) is 35.5 Å². The number of nitrogens with zero attached hydrogens (tertiary/aromatic N) is 1. The summed E-state index contributed by atoms with van der Waals surface area (Å²) in [5, 5.41) is 12.6. The van der Waals surface area contributed by atoms with Gasteiger partial charge in [0.15, 0.2) is 0 Å². The maximum Gasteiger partial charge on any atom is 0.408 e. The first-order valence-electron chi connectivity index (χ1n) is 5.79. The Morgan fingerprint density at radius 1 is 1.16 bits per heavy atom. The standard InChI is InChI=1S/C12H15F3N2O.ClH/c13-12(14,15)11(17-7-5-16-6-8-17)9-3-1-2-4-10(9)18;/h1-4,11,16,18H,5-8H2;1H/t11-;/m0./s1. The molecular weight excluding hydrogens is 281 g/mol. The second-order valence-electron chi connectivity index (χ2n) is 4.29. The highest BCUT2D eigenvalue weighted by Gasteiger charge is 2.45. The first kappa shape index (κ1) is 16.1. The van der Waals surface area contributed by atoms with Crippen molar-refractivity contribution in [2.24, 2.45) is 0 Å². The van der Waals surface area contributed by atoms with E-state index in [1.807, 2.05) is 0 Å². The Balaban J connectivity index is 0.00000180. The van der Waals surface area contributed by atoms with Gasteiger partial charge in [-0.25, -0.2) is 0 Å². The minimum Gasteiger partial charge on any atom is -0.508 e. The van der Waals surface area contributed by atoms with Crippen LogP contribution in [-0.2, 0) is 0 Å². The van der Waals surface area contributed by atoms with Crippen LogP contribution in [0.2, 0.25) is 0 Å². The highest BCUT2D eigenvalue weighted by molar-refractivity contribution is 5.85. The number of hydrogen-bond donors (Lipinski definition) is 2. The number of hydrogen-bond acceptors (Lipinski definition) is 3. The molecule has 0 saturated carbocycles. The van der Waals surface area contributed by atoms with Crippen molar-refractivity contribution < 1.29 is 18.3 Å². The van der Waals surface area contributed by atoms with Gasteiger partial charge in [0.1, 0.15) is 11.8 Å². The number of alkyl halides is 3. The molecule has 2 N–H and O–H groups in total. The van der Waals surface area contributed by atoms with Crippen LogP contribution < -0.4 is 5.32 Å². The molecular formula is C12H16ClF3N2O. The van der Waals surface area contributed by atoms with Gasteiger partial charge in [0.05, 0.1) is 0 Å². The summed E-state index contributed by atoms with van der Waals surface area (Å²) in [6.07, 6.45) is -4.39. The summed E-state index contributed by atoms with van der Waals surface area (Å²) < 4.78 is 39.6. The van der Waals surface area contributed by atoms with Gasteiger partial charge in [0, 0.05) is 31.7 Å². The van der Waals surface area contributed by atoms with Crippen LogP contribution in [0.5, 0.6) is 5.75 Å². The van der Waals surface area contributed by atoms with E-state index < -0.39 is 12.2 Å². The molecule has 0 radical (unpaired) electrons. The molecule has 1 atom stereocenters. The summed E-state index contributed by atoms with van der Waals surface area (Å²) in [7, 11) is 0. The lowest BCUT2D eigenvalue weighted by atomic mass is 10.0. The Morgan fingerprint density at radius 2 is 1.74 bits per heavy atom. The number of para-hydroxylation sites is 1. The molecule has 0 amide bonds. The van der Waals surface area contributed by atoms with Crippen LogP contribution in [0.15, 0.2) is 24.3 Å². The van der Waals surface area contributed by atoms with Crippen molar-refractivity contribution in [2.75, 3.05) is 26.2 Å². The molecule has 1 aliphatic rings. The fraction of sp³-hybridized carbons (Fsp3) is 0.500.